The van der Waals surface area contributed by atoms with Gasteiger partial charge in [-0.2, -0.15) is 0 Å². The van der Waals surface area contributed by atoms with E-state index >= 15 is 0 Å². The Balaban J connectivity index is 3.04. The highest BCUT2D eigenvalue weighted by Gasteiger charge is 2.14. The van der Waals surface area contributed by atoms with Crippen LogP contribution in [0.1, 0.15) is 6.92 Å². The first kappa shape index (κ1) is 13.4. The van der Waals surface area contributed by atoms with Crippen molar-refractivity contribution in [2.75, 3.05) is 20.3 Å². The molecular weight excluding hydrogens is 248 g/mol. The van der Waals surface area contributed by atoms with Crippen LogP contribution >= 0.6 is 11.6 Å². The minimum absolute atomic E-state index is 0.242. The van der Waals surface area contributed by atoms with E-state index in [1.165, 1.54) is 13.2 Å². The molecule has 6 heteroatoms. The van der Waals surface area contributed by atoms with Crippen LogP contribution in [0.5, 0.6) is 17.2 Å². The van der Waals surface area contributed by atoms with E-state index in [-0.39, 0.29) is 5.75 Å². The smallest absolute Gasteiger partial charge is 0.341 e. The van der Waals surface area contributed by atoms with Crippen LogP contribution in [0.3, 0.4) is 0 Å². The van der Waals surface area contributed by atoms with Gasteiger partial charge in [0.05, 0.1) is 13.7 Å². The van der Waals surface area contributed by atoms with Crippen LogP contribution in [0.2, 0.25) is 5.02 Å². The average Bonchev–Trinajstić information content (AvgIpc) is 2.26. The third-order valence-electron chi connectivity index (χ3n) is 1.84. The van der Waals surface area contributed by atoms with Gasteiger partial charge in [0.15, 0.2) is 18.1 Å². The number of carbonyl (C=O) groups is 1. The largest absolute Gasteiger partial charge is 0.490 e. The molecule has 0 radical (unpaired) electrons. The number of hydrogen-bond donors (Lipinski definition) is 1. The molecule has 0 atom stereocenters. The fourth-order valence-corrected chi connectivity index (χ4v) is 1.45. The summed E-state index contributed by atoms with van der Waals surface area (Å²) in [7, 11) is 1.44. The van der Waals surface area contributed by atoms with Crippen LogP contribution < -0.4 is 14.2 Å². The van der Waals surface area contributed by atoms with Crippen molar-refractivity contribution < 1.29 is 24.1 Å². The molecule has 0 fully saturated rings. The standard InChI is InChI=1S/C11H13ClO5/c1-3-16-8-4-7(12)5-9(11(8)15-2)17-6-10(13)14/h4-5H,3,6H2,1-2H3,(H,13,14). The van der Waals surface area contributed by atoms with Crippen molar-refractivity contribution >= 4 is 17.6 Å². The second-order valence-corrected chi connectivity index (χ2v) is 3.49. The van der Waals surface area contributed by atoms with Crippen LogP contribution in [-0.2, 0) is 4.79 Å². The summed E-state index contributed by atoms with van der Waals surface area (Å²) in [4.78, 5) is 10.4. The van der Waals surface area contributed by atoms with Crippen LogP contribution in [0.4, 0.5) is 0 Å². The Morgan fingerprint density at radius 2 is 1.94 bits per heavy atom. The van der Waals surface area contributed by atoms with Crippen molar-refractivity contribution in [2.24, 2.45) is 0 Å². The molecule has 1 rings (SSSR count). The van der Waals surface area contributed by atoms with E-state index in [1.807, 2.05) is 6.92 Å². The van der Waals surface area contributed by atoms with Crippen LogP contribution in [0, 0.1) is 0 Å². The van der Waals surface area contributed by atoms with E-state index < -0.39 is 12.6 Å². The highest BCUT2D eigenvalue weighted by molar-refractivity contribution is 6.31. The number of aliphatic carboxylic acids is 1. The van der Waals surface area contributed by atoms with Gasteiger partial charge in [0.25, 0.3) is 0 Å². The molecule has 0 aromatic heterocycles. The van der Waals surface area contributed by atoms with Crippen molar-refractivity contribution in [3.05, 3.63) is 17.2 Å². The lowest BCUT2D eigenvalue weighted by Crippen LogP contribution is -2.10. The summed E-state index contributed by atoms with van der Waals surface area (Å²) in [6.45, 7) is 1.79. The number of carboxylic acid groups (broad SMARTS) is 1. The van der Waals surface area contributed by atoms with Gasteiger partial charge in [0.1, 0.15) is 0 Å². The predicted molar refractivity (Wildman–Crippen MR) is 62.3 cm³/mol. The van der Waals surface area contributed by atoms with Crippen LogP contribution in [0.25, 0.3) is 0 Å². The van der Waals surface area contributed by atoms with Gasteiger partial charge in [-0.1, -0.05) is 11.6 Å². The topological polar surface area (TPSA) is 65.0 Å². The van der Waals surface area contributed by atoms with Crippen molar-refractivity contribution in [2.45, 2.75) is 6.92 Å². The van der Waals surface area contributed by atoms with Gasteiger partial charge in [0.2, 0.25) is 5.75 Å². The van der Waals surface area contributed by atoms with Crippen molar-refractivity contribution in [3.8, 4) is 17.2 Å². The third kappa shape index (κ3) is 3.71. The van der Waals surface area contributed by atoms with E-state index in [1.54, 1.807) is 6.07 Å². The molecule has 94 valence electrons. The quantitative estimate of drug-likeness (QED) is 0.849. The summed E-state index contributed by atoms with van der Waals surface area (Å²) in [5.41, 5.74) is 0. The molecule has 1 N–H and O–H groups in total. The first-order valence-electron chi connectivity index (χ1n) is 4.93. The van der Waals surface area contributed by atoms with E-state index in [9.17, 15) is 4.79 Å². The maximum absolute atomic E-state index is 10.4. The maximum Gasteiger partial charge on any atom is 0.341 e. The number of ether oxygens (including phenoxy) is 3. The Hall–Kier alpha value is -1.62. The predicted octanol–water partition coefficient (Wildman–Crippen LogP) is 2.21. The molecule has 1 aromatic carbocycles. The van der Waals surface area contributed by atoms with E-state index in [0.717, 1.165) is 0 Å². The van der Waals surface area contributed by atoms with Crippen molar-refractivity contribution in [1.29, 1.82) is 0 Å². The molecule has 0 heterocycles. The molecule has 0 saturated heterocycles. The second kappa shape index (κ2) is 6.20. The number of methoxy groups -OCH3 is 1. The summed E-state index contributed by atoms with van der Waals surface area (Å²) in [5.74, 6) is -0.0868. The van der Waals surface area contributed by atoms with Gasteiger partial charge in [-0.15, -0.1) is 0 Å². The normalized spacial score (nSPS) is 9.82. The lowest BCUT2D eigenvalue weighted by atomic mass is 10.3. The number of benzene rings is 1. The van der Waals surface area contributed by atoms with Gasteiger partial charge in [-0.25, -0.2) is 4.79 Å². The lowest BCUT2D eigenvalue weighted by Gasteiger charge is -2.14. The zero-order chi connectivity index (χ0) is 12.8. The Morgan fingerprint density at radius 1 is 1.35 bits per heavy atom. The van der Waals surface area contributed by atoms with Gasteiger partial charge in [-0.05, 0) is 6.92 Å². The lowest BCUT2D eigenvalue weighted by molar-refractivity contribution is -0.139. The minimum atomic E-state index is -1.08. The number of hydrogen-bond acceptors (Lipinski definition) is 4. The first-order valence-corrected chi connectivity index (χ1v) is 5.31. The molecule has 0 spiro atoms. The van der Waals surface area contributed by atoms with Crippen molar-refractivity contribution in [1.82, 2.24) is 0 Å². The third-order valence-corrected chi connectivity index (χ3v) is 2.06. The fraction of sp³-hybridized carbons (Fsp3) is 0.364. The highest BCUT2D eigenvalue weighted by atomic mass is 35.5. The molecule has 0 aliphatic carbocycles. The summed E-state index contributed by atoms with van der Waals surface area (Å²) in [5, 5.41) is 8.93. The van der Waals surface area contributed by atoms with E-state index in [0.29, 0.717) is 23.1 Å². The summed E-state index contributed by atoms with van der Waals surface area (Å²) in [6, 6.07) is 3.06. The molecular formula is C11H13ClO5. The number of halogens is 1. The maximum atomic E-state index is 10.4. The fourth-order valence-electron chi connectivity index (χ4n) is 1.26. The van der Waals surface area contributed by atoms with Gasteiger partial charge in [-0.3, -0.25) is 0 Å². The zero-order valence-corrected chi connectivity index (χ0v) is 10.3. The summed E-state index contributed by atoms with van der Waals surface area (Å²) >= 11 is 5.87. The molecule has 0 bridgehead atoms. The minimum Gasteiger partial charge on any atom is -0.490 e. The van der Waals surface area contributed by atoms with Gasteiger partial charge < -0.3 is 19.3 Å². The number of rotatable bonds is 6. The zero-order valence-electron chi connectivity index (χ0n) is 9.53. The summed E-state index contributed by atoms with van der Waals surface area (Å²) in [6.07, 6.45) is 0. The monoisotopic (exact) mass is 260 g/mol. The molecule has 0 aliphatic heterocycles. The van der Waals surface area contributed by atoms with Crippen LogP contribution in [-0.4, -0.2) is 31.4 Å². The SMILES string of the molecule is CCOc1cc(Cl)cc(OCC(=O)O)c1OC. The Morgan fingerprint density at radius 3 is 2.41 bits per heavy atom. The Kier molecular flexibility index (Phi) is 4.90. The van der Waals surface area contributed by atoms with Gasteiger partial charge >= 0.3 is 5.97 Å². The van der Waals surface area contributed by atoms with Crippen LogP contribution in [0.15, 0.2) is 12.1 Å². The molecule has 5 nitrogen and oxygen atoms in total. The van der Waals surface area contributed by atoms with E-state index in [2.05, 4.69) is 0 Å². The number of carboxylic acids is 1. The van der Waals surface area contributed by atoms with Crippen molar-refractivity contribution in [3.63, 3.8) is 0 Å². The van der Waals surface area contributed by atoms with E-state index in [4.69, 9.17) is 30.9 Å². The Labute approximate surface area is 104 Å². The molecule has 17 heavy (non-hydrogen) atoms. The highest BCUT2D eigenvalue weighted by Crippen LogP contribution is 2.40. The Bertz CT molecular complexity index is 405. The molecule has 0 saturated carbocycles. The molecule has 0 aliphatic rings. The molecule has 0 unspecified atom stereocenters. The average molecular weight is 261 g/mol. The second-order valence-electron chi connectivity index (χ2n) is 3.05. The van der Waals surface area contributed by atoms with Gasteiger partial charge in [0, 0.05) is 17.2 Å². The molecule has 1 aromatic rings. The molecule has 0 amide bonds. The summed E-state index contributed by atoms with van der Waals surface area (Å²) < 4.78 is 15.5. The first-order chi connectivity index (χ1) is 8.08.